The molecule has 0 aliphatic carbocycles. The molecule has 0 saturated carbocycles. The highest BCUT2D eigenvalue weighted by molar-refractivity contribution is 9.10. The van der Waals surface area contributed by atoms with Crippen LogP contribution in [-0.4, -0.2) is 19.7 Å². The van der Waals surface area contributed by atoms with Crippen LogP contribution in [0.15, 0.2) is 16.9 Å². The number of hydrogen-bond donors (Lipinski definition) is 0. The van der Waals surface area contributed by atoms with E-state index in [4.69, 9.17) is 0 Å². The largest absolute Gasteiger partial charge is 0.288 e. The lowest BCUT2D eigenvalue weighted by Crippen LogP contribution is -1.97. The minimum Gasteiger partial charge on any atom is -0.258 e. The molecule has 0 aliphatic rings. The standard InChI is InChI=1S/C8H7BrN4O2/c1-2-12-8-6(7(9)11-12)3-5(4-10-8)13(14)15/h3-4H,2H2,1H3. The van der Waals surface area contributed by atoms with E-state index in [2.05, 4.69) is 26.0 Å². The molecule has 0 radical (unpaired) electrons. The van der Waals surface area contributed by atoms with Crippen molar-refractivity contribution in [1.29, 1.82) is 0 Å². The van der Waals surface area contributed by atoms with Gasteiger partial charge in [0.2, 0.25) is 0 Å². The molecule has 0 bridgehead atoms. The Balaban J connectivity index is 2.72. The average molecular weight is 271 g/mol. The highest BCUT2D eigenvalue weighted by atomic mass is 79.9. The van der Waals surface area contributed by atoms with Gasteiger partial charge in [0.1, 0.15) is 10.8 Å². The van der Waals surface area contributed by atoms with Crippen molar-refractivity contribution in [3.63, 3.8) is 0 Å². The van der Waals surface area contributed by atoms with Gasteiger partial charge in [0.25, 0.3) is 5.69 Å². The molecule has 2 aromatic heterocycles. The molecule has 0 unspecified atom stereocenters. The van der Waals surface area contributed by atoms with E-state index in [0.29, 0.717) is 22.2 Å². The fourth-order valence-electron chi connectivity index (χ4n) is 1.33. The zero-order valence-electron chi connectivity index (χ0n) is 7.85. The Morgan fingerprint density at radius 1 is 1.67 bits per heavy atom. The Hall–Kier alpha value is -1.50. The van der Waals surface area contributed by atoms with Crippen molar-refractivity contribution in [1.82, 2.24) is 14.8 Å². The molecule has 2 rings (SSSR count). The first-order valence-corrected chi connectivity index (χ1v) is 5.09. The minimum atomic E-state index is -0.470. The molecule has 0 amide bonds. The lowest BCUT2D eigenvalue weighted by molar-refractivity contribution is -0.385. The van der Waals surface area contributed by atoms with Gasteiger partial charge in [-0.2, -0.15) is 5.10 Å². The lowest BCUT2D eigenvalue weighted by atomic mass is 10.3. The second kappa shape index (κ2) is 3.58. The molecular formula is C8H7BrN4O2. The third-order valence-corrected chi connectivity index (χ3v) is 2.62. The number of hydrogen-bond acceptors (Lipinski definition) is 4. The highest BCUT2D eigenvalue weighted by Gasteiger charge is 2.13. The Morgan fingerprint density at radius 3 is 3.00 bits per heavy atom. The molecule has 0 spiro atoms. The van der Waals surface area contributed by atoms with Crippen molar-refractivity contribution in [2.45, 2.75) is 13.5 Å². The highest BCUT2D eigenvalue weighted by Crippen LogP contribution is 2.25. The van der Waals surface area contributed by atoms with Crippen LogP contribution in [0.5, 0.6) is 0 Å². The minimum absolute atomic E-state index is 0.0288. The Kier molecular flexibility index (Phi) is 2.39. The van der Waals surface area contributed by atoms with Gasteiger partial charge in [-0.3, -0.25) is 10.1 Å². The molecule has 15 heavy (non-hydrogen) atoms. The molecule has 6 nitrogen and oxygen atoms in total. The van der Waals surface area contributed by atoms with E-state index in [9.17, 15) is 10.1 Å². The maximum Gasteiger partial charge on any atom is 0.288 e. The van der Waals surface area contributed by atoms with Gasteiger partial charge in [-0.1, -0.05) is 0 Å². The van der Waals surface area contributed by atoms with Gasteiger partial charge in [0.15, 0.2) is 5.65 Å². The first-order valence-electron chi connectivity index (χ1n) is 4.30. The summed E-state index contributed by atoms with van der Waals surface area (Å²) in [6.07, 6.45) is 1.24. The molecule has 0 saturated heterocycles. The molecule has 0 aromatic carbocycles. The molecule has 2 heterocycles. The number of aromatic nitrogens is 3. The van der Waals surface area contributed by atoms with Crippen LogP contribution in [-0.2, 0) is 6.54 Å². The topological polar surface area (TPSA) is 73.8 Å². The molecule has 0 atom stereocenters. The van der Waals surface area contributed by atoms with Crippen molar-refractivity contribution in [2.75, 3.05) is 0 Å². The Labute approximate surface area is 93.2 Å². The molecule has 7 heteroatoms. The van der Waals surface area contributed by atoms with Crippen LogP contribution >= 0.6 is 15.9 Å². The van der Waals surface area contributed by atoms with Crippen molar-refractivity contribution in [3.8, 4) is 0 Å². The van der Waals surface area contributed by atoms with E-state index < -0.39 is 4.92 Å². The summed E-state index contributed by atoms with van der Waals surface area (Å²) >= 11 is 3.25. The third-order valence-electron chi connectivity index (χ3n) is 2.04. The van der Waals surface area contributed by atoms with Gasteiger partial charge in [-0.25, -0.2) is 9.67 Å². The molecule has 78 valence electrons. The third kappa shape index (κ3) is 1.58. The van der Waals surface area contributed by atoms with Gasteiger partial charge < -0.3 is 0 Å². The average Bonchev–Trinajstić information content (AvgIpc) is 2.55. The van der Waals surface area contributed by atoms with Crippen LogP contribution in [0, 0.1) is 10.1 Å². The second-order valence-electron chi connectivity index (χ2n) is 2.93. The Morgan fingerprint density at radius 2 is 2.40 bits per heavy atom. The Bertz CT molecular complexity index is 537. The normalized spacial score (nSPS) is 10.8. The van der Waals surface area contributed by atoms with E-state index in [0.717, 1.165) is 0 Å². The predicted octanol–water partition coefficient (Wildman–Crippen LogP) is 2.12. The summed E-state index contributed by atoms with van der Waals surface area (Å²) in [5, 5.41) is 15.4. The van der Waals surface area contributed by atoms with Crippen LogP contribution in [0.25, 0.3) is 11.0 Å². The van der Waals surface area contributed by atoms with Crippen molar-refractivity contribution < 1.29 is 4.92 Å². The van der Waals surface area contributed by atoms with Crippen LogP contribution in [0.4, 0.5) is 5.69 Å². The van der Waals surface area contributed by atoms with E-state index in [1.165, 1.54) is 12.3 Å². The van der Waals surface area contributed by atoms with Gasteiger partial charge in [0.05, 0.1) is 10.3 Å². The predicted molar refractivity (Wildman–Crippen MR) is 57.6 cm³/mol. The van der Waals surface area contributed by atoms with Crippen LogP contribution in [0.1, 0.15) is 6.92 Å². The van der Waals surface area contributed by atoms with Crippen molar-refractivity contribution in [3.05, 3.63) is 27.0 Å². The van der Waals surface area contributed by atoms with Crippen LogP contribution in [0.3, 0.4) is 0 Å². The number of aryl methyl sites for hydroxylation is 1. The van der Waals surface area contributed by atoms with Gasteiger partial charge in [0, 0.05) is 12.6 Å². The summed E-state index contributed by atoms with van der Waals surface area (Å²) in [6, 6.07) is 1.46. The van der Waals surface area contributed by atoms with Gasteiger partial charge >= 0.3 is 0 Å². The smallest absolute Gasteiger partial charge is 0.258 e. The second-order valence-corrected chi connectivity index (χ2v) is 3.68. The molecule has 2 aromatic rings. The summed E-state index contributed by atoms with van der Waals surface area (Å²) in [7, 11) is 0. The lowest BCUT2D eigenvalue weighted by Gasteiger charge is -1.95. The van der Waals surface area contributed by atoms with Gasteiger partial charge in [-0.15, -0.1) is 0 Å². The van der Waals surface area contributed by atoms with E-state index in [1.54, 1.807) is 4.68 Å². The van der Waals surface area contributed by atoms with E-state index in [1.807, 2.05) is 6.92 Å². The van der Waals surface area contributed by atoms with Crippen molar-refractivity contribution >= 4 is 32.7 Å². The zero-order chi connectivity index (χ0) is 11.0. The molecular weight excluding hydrogens is 264 g/mol. The number of halogens is 1. The van der Waals surface area contributed by atoms with E-state index in [-0.39, 0.29) is 5.69 Å². The van der Waals surface area contributed by atoms with Gasteiger partial charge in [-0.05, 0) is 22.9 Å². The maximum atomic E-state index is 10.6. The summed E-state index contributed by atoms with van der Waals surface area (Å²) in [6.45, 7) is 2.61. The SMILES string of the molecule is CCn1nc(Br)c2cc([N+](=O)[O-])cnc21. The first kappa shape index (κ1) is 10.0. The monoisotopic (exact) mass is 270 g/mol. The number of nitro groups is 1. The number of rotatable bonds is 2. The number of nitrogens with zero attached hydrogens (tertiary/aromatic N) is 4. The summed E-state index contributed by atoms with van der Waals surface area (Å²) in [4.78, 5) is 14.1. The summed E-state index contributed by atoms with van der Waals surface area (Å²) in [5.41, 5.74) is 0.619. The summed E-state index contributed by atoms with van der Waals surface area (Å²) < 4.78 is 2.26. The summed E-state index contributed by atoms with van der Waals surface area (Å²) in [5.74, 6) is 0. The fourth-order valence-corrected chi connectivity index (χ4v) is 1.81. The number of pyridine rings is 1. The zero-order valence-corrected chi connectivity index (χ0v) is 9.43. The molecule has 0 fully saturated rings. The van der Waals surface area contributed by atoms with Crippen LogP contribution in [0.2, 0.25) is 0 Å². The molecule has 0 aliphatic heterocycles. The fraction of sp³-hybridized carbons (Fsp3) is 0.250. The van der Waals surface area contributed by atoms with Crippen molar-refractivity contribution in [2.24, 2.45) is 0 Å². The number of fused-ring (bicyclic) bond motifs is 1. The van der Waals surface area contributed by atoms with Crippen LogP contribution < -0.4 is 0 Å². The maximum absolute atomic E-state index is 10.6. The quantitative estimate of drug-likeness (QED) is 0.619. The first-order chi connectivity index (χ1) is 7.13. The molecule has 0 N–H and O–H groups in total. The van der Waals surface area contributed by atoms with E-state index >= 15 is 0 Å².